The molecule has 0 fully saturated rings. The van der Waals surface area contributed by atoms with Crippen LogP contribution in [-0.4, -0.2) is 0 Å². The fraction of sp³-hybridized carbons (Fsp3) is 0.167. The Kier molecular flexibility index (Phi) is 7.95. The largest absolute Gasteiger partial charge is 0.456 e. The Morgan fingerprint density at radius 1 is 0.314 bits per heavy atom. The molecule has 0 aliphatic rings. The van der Waals surface area contributed by atoms with Gasteiger partial charge in [0.2, 0.25) is 0 Å². The van der Waals surface area contributed by atoms with Crippen molar-refractivity contribution in [3.05, 3.63) is 166 Å². The van der Waals surface area contributed by atoms with Crippen LogP contribution in [0.5, 0.6) is 0 Å². The van der Waals surface area contributed by atoms with Gasteiger partial charge >= 0.3 is 0 Å². The Morgan fingerprint density at radius 3 is 1.29 bits per heavy atom. The van der Waals surface area contributed by atoms with E-state index in [-0.39, 0.29) is 0 Å². The summed E-state index contributed by atoms with van der Waals surface area (Å²) in [6.45, 7) is 17.4. The van der Waals surface area contributed by atoms with Crippen molar-refractivity contribution in [2.75, 3.05) is 9.80 Å². The smallest absolute Gasteiger partial charge is 0.136 e. The molecule has 0 unspecified atom stereocenters. The Labute approximate surface area is 301 Å². The highest BCUT2D eigenvalue weighted by Gasteiger charge is 2.19. The Morgan fingerprint density at radius 2 is 0.765 bits per heavy atom. The molecule has 51 heavy (non-hydrogen) atoms. The van der Waals surface area contributed by atoms with E-state index in [2.05, 4.69) is 187 Å². The first kappa shape index (κ1) is 32.4. The minimum atomic E-state index is 0.886. The number of hydrogen-bond acceptors (Lipinski definition) is 3. The molecule has 7 aromatic carbocycles. The molecule has 0 N–H and O–H groups in total. The van der Waals surface area contributed by atoms with Crippen LogP contribution in [0, 0.1) is 55.4 Å². The SMILES string of the molecule is Cc1cc(C)cc(N(c2ccc(C)c(C)c2)c2ccc3cc4oc5ccc(N(c6cc(C)cc(C)c6)c6ccc(C)c(C)c6)cc5c4cc3c2)c1. The van der Waals surface area contributed by atoms with E-state index in [1.807, 2.05) is 0 Å². The van der Waals surface area contributed by atoms with Crippen molar-refractivity contribution in [2.24, 2.45) is 0 Å². The predicted molar refractivity (Wildman–Crippen MR) is 218 cm³/mol. The zero-order valence-corrected chi connectivity index (χ0v) is 30.8. The highest BCUT2D eigenvalue weighted by Crippen LogP contribution is 2.42. The third kappa shape index (κ3) is 6.04. The van der Waals surface area contributed by atoms with Crippen molar-refractivity contribution >= 4 is 66.8 Å². The number of aryl methyl sites for hydroxylation is 8. The quantitative estimate of drug-likeness (QED) is 0.176. The van der Waals surface area contributed by atoms with Gasteiger partial charge in [0.1, 0.15) is 11.2 Å². The van der Waals surface area contributed by atoms with Gasteiger partial charge in [0.05, 0.1) is 0 Å². The minimum Gasteiger partial charge on any atom is -0.456 e. The molecule has 0 saturated carbocycles. The fourth-order valence-electron chi connectivity index (χ4n) is 7.56. The molecule has 252 valence electrons. The van der Waals surface area contributed by atoms with E-state index >= 15 is 0 Å². The summed E-state index contributed by atoms with van der Waals surface area (Å²) < 4.78 is 6.52. The van der Waals surface area contributed by atoms with Gasteiger partial charge in [-0.2, -0.15) is 0 Å². The van der Waals surface area contributed by atoms with E-state index in [9.17, 15) is 0 Å². The van der Waals surface area contributed by atoms with Crippen molar-refractivity contribution in [3.8, 4) is 0 Å². The van der Waals surface area contributed by atoms with Gasteiger partial charge < -0.3 is 14.2 Å². The molecule has 0 amide bonds. The highest BCUT2D eigenvalue weighted by atomic mass is 16.3. The van der Waals surface area contributed by atoms with Crippen LogP contribution in [0.15, 0.2) is 126 Å². The lowest BCUT2D eigenvalue weighted by Crippen LogP contribution is -2.11. The lowest BCUT2D eigenvalue weighted by atomic mass is 10.0. The molecule has 0 radical (unpaired) electrons. The van der Waals surface area contributed by atoms with E-state index < -0.39 is 0 Å². The van der Waals surface area contributed by atoms with E-state index in [1.165, 1.54) is 49.9 Å². The van der Waals surface area contributed by atoms with Crippen LogP contribution < -0.4 is 9.80 Å². The predicted octanol–water partition coefficient (Wildman–Crippen LogP) is 14.1. The second-order valence-electron chi connectivity index (χ2n) is 14.6. The molecular weight excluding hydrogens is 621 g/mol. The summed E-state index contributed by atoms with van der Waals surface area (Å²) in [5, 5.41) is 4.54. The van der Waals surface area contributed by atoms with Crippen LogP contribution >= 0.6 is 0 Å². The van der Waals surface area contributed by atoms with Crippen molar-refractivity contribution in [3.63, 3.8) is 0 Å². The van der Waals surface area contributed by atoms with Gasteiger partial charge in [-0.15, -0.1) is 0 Å². The third-order valence-electron chi connectivity index (χ3n) is 10.3. The average molecular weight is 665 g/mol. The minimum absolute atomic E-state index is 0.886. The second kappa shape index (κ2) is 12.5. The molecule has 3 nitrogen and oxygen atoms in total. The van der Waals surface area contributed by atoms with Crippen LogP contribution in [0.4, 0.5) is 34.1 Å². The molecule has 0 spiro atoms. The summed E-state index contributed by atoms with van der Waals surface area (Å²) in [7, 11) is 0. The van der Waals surface area contributed by atoms with Crippen molar-refractivity contribution in [2.45, 2.75) is 55.4 Å². The fourth-order valence-corrected chi connectivity index (χ4v) is 7.56. The Hall–Kier alpha value is -5.80. The van der Waals surface area contributed by atoms with Gasteiger partial charge in [0.15, 0.2) is 0 Å². The van der Waals surface area contributed by atoms with Gasteiger partial charge in [0.25, 0.3) is 0 Å². The number of anilines is 6. The van der Waals surface area contributed by atoms with E-state index in [0.717, 1.165) is 61.4 Å². The molecule has 0 atom stereocenters. The first-order chi connectivity index (χ1) is 24.5. The average Bonchev–Trinajstić information content (AvgIpc) is 3.43. The van der Waals surface area contributed by atoms with Crippen LogP contribution in [-0.2, 0) is 0 Å². The summed E-state index contributed by atoms with van der Waals surface area (Å²) in [5.74, 6) is 0. The topological polar surface area (TPSA) is 19.6 Å². The third-order valence-corrected chi connectivity index (χ3v) is 10.3. The number of rotatable bonds is 6. The standard InChI is InChI=1S/C48H44N2O/c1-29-17-30(2)20-43(19-29)49(39-12-9-33(5)35(7)23-39)41-14-11-37-27-48-45(26-38(37)25-41)46-28-42(15-16-47(46)51-48)50(40-13-10-34(6)36(8)24-40)44-21-31(3)18-32(4)22-44/h9-28H,1-8H3. The number of hydrogen-bond donors (Lipinski definition) is 0. The van der Waals surface area contributed by atoms with Gasteiger partial charge in [-0.3, -0.25) is 0 Å². The van der Waals surface area contributed by atoms with Crippen LogP contribution in [0.25, 0.3) is 32.7 Å². The molecule has 8 rings (SSSR count). The number of furan rings is 1. The molecule has 0 aliphatic heterocycles. The van der Waals surface area contributed by atoms with Gasteiger partial charge in [0, 0.05) is 44.9 Å². The van der Waals surface area contributed by atoms with Crippen LogP contribution in [0.2, 0.25) is 0 Å². The molecule has 0 bridgehead atoms. The van der Waals surface area contributed by atoms with Gasteiger partial charge in [-0.25, -0.2) is 0 Å². The molecule has 3 heteroatoms. The van der Waals surface area contributed by atoms with E-state index in [0.29, 0.717) is 0 Å². The first-order valence-electron chi connectivity index (χ1n) is 17.8. The van der Waals surface area contributed by atoms with Crippen molar-refractivity contribution in [1.29, 1.82) is 0 Å². The van der Waals surface area contributed by atoms with Crippen molar-refractivity contribution < 1.29 is 4.42 Å². The maximum absolute atomic E-state index is 6.52. The maximum Gasteiger partial charge on any atom is 0.136 e. The van der Waals surface area contributed by atoms with Gasteiger partial charge in [-0.05, 0) is 202 Å². The summed E-state index contributed by atoms with van der Waals surface area (Å²) in [5.41, 5.74) is 18.7. The molecule has 1 heterocycles. The summed E-state index contributed by atoms with van der Waals surface area (Å²) in [6.07, 6.45) is 0. The lowest BCUT2D eigenvalue weighted by molar-refractivity contribution is 0.669. The molecule has 1 aromatic heterocycles. The van der Waals surface area contributed by atoms with E-state index in [1.54, 1.807) is 0 Å². The normalized spacial score (nSPS) is 11.5. The number of benzene rings is 7. The lowest BCUT2D eigenvalue weighted by Gasteiger charge is -2.27. The van der Waals surface area contributed by atoms with Crippen molar-refractivity contribution in [1.82, 2.24) is 0 Å². The first-order valence-corrected chi connectivity index (χ1v) is 17.8. The van der Waals surface area contributed by atoms with Gasteiger partial charge in [-0.1, -0.05) is 30.3 Å². The summed E-state index contributed by atoms with van der Waals surface area (Å²) >= 11 is 0. The second-order valence-corrected chi connectivity index (χ2v) is 14.6. The van der Waals surface area contributed by atoms with Crippen LogP contribution in [0.1, 0.15) is 44.5 Å². The van der Waals surface area contributed by atoms with Crippen LogP contribution in [0.3, 0.4) is 0 Å². The van der Waals surface area contributed by atoms with E-state index in [4.69, 9.17) is 4.42 Å². The molecule has 8 aromatic rings. The number of nitrogens with zero attached hydrogens (tertiary/aromatic N) is 2. The zero-order chi connectivity index (χ0) is 35.6. The zero-order valence-electron chi connectivity index (χ0n) is 30.8. The molecular formula is C48H44N2O. The molecule has 0 saturated heterocycles. The Bertz CT molecular complexity index is 2600. The number of fused-ring (bicyclic) bond motifs is 4. The maximum atomic E-state index is 6.52. The monoisotopic (exact) mass is 664 g/mol. The highest BCUT2D eigenvalue weighted by molar-refractivity contribution is 6.11. The summed E-state index contributed by atoms with van der Waals surface area (Å²) in [4.78, 5) is 4.75. The summed E-state index contributed by atoms with van der Waals surface area (Å²) in [6, 6.07) is 44.9. The molecule has 0 aliphatic carbocycles. The Balaban J connectivity index is 1.30.